The first-order chi connectivity index (χ1) is 13.8. The molecule has 1 aromatic carbocycles. The Morgan fingerprint density at radius 3 is 2.55 bits per heavy atom. The maximum atomic E-state index is 12.2. The number of aryl methyl sites for hydroxylation is 5. The minimum atomic E-state index is -0.272. The van der Waals surface area contributed by atoms with Crippen molar-refractivity contribution in [2.24, 2.45) is 0 Å². The van der Waals surface area contributed by atoms with Gasteiger partial charge in [0.05, 0.1) is 5.69 Å². The molecule has 0 aliphatic heterocycles. The van der Waals surface area contributed by atoms with Gasteiger partial charge in [-0.15, -0.1) is 0 Å². The fourth-order valence-corrected chi connectivity index (χ4v) is 3.16. The molecule has 0 spiro atoms. The van der Waals surface area contributed by atoms with Gasteiger partial charge in [0.25, 0.3) is 5.91 Å². The Morgan fingerprint density at radius 2 is 1.90 bits per heavy atom. The van der Waals surface area contributed by atoms with Crippen LogP contribution in [-0.4, -0.2) is 27.4 Å². The normalized spacial score (nSPS) is 10.9. The second-order valence-electron chi connectivity index (χ2n) is 7.10. The zero-order chi connectivity index (χ0) is 21.0. The Hall–Kier alpha value is -2.80. The number of halogens is 1. The predicted octanol–water partition coefficient (Wildman–Crippen LogP) is 4.16. The van der Waals surface area contributed by atoms with E-state index in [1.54, 1.807) is 6.07 Å². The third kappa shape index (κ3) is 5.38. The maximum Gasteiger partial charge on any atom is 0.273 e. The summed E-state index contributed by atoms with van der Waals surface area (Å²) in [7, 11) is 0. The van der Waals surface area contributed by atoms with Crippen molar-refractivity contribution in [3.8, 4) is 5.75 Å². The number of rotatable bonds is 8. The summed E-state index contributed by atoms with van der Waals surface area (Å²) in [5.74, 6) is 0.894. The van der Waals surface area contributed by atoms with Gasteiger partial charge < -0.3 is 14.6 Å². The molecule has 3 rings (SSSR count). The van der Waals surface area contributed by atoms with Crippen LogP contribution in [0.2, 0.25) is 5.02 Å². The lowest BCUT2D eigenvalue weighted by Gasteiger charge is -2.08. The van der Waals surface area contributed by atoms with E-state index in [-0.39, 0.29) is 18.2 Å². The summed E-state index contributed by atoms with van der Waals surface area (Å²) < 4.78 is 12.9. The van der Waals surface area contributed by atoms with Gasteiger partial charge in [0.2, 0.25) is 0 Å². The van der Waals surface area contributed by atoms with Crippen LogP contribution in [0.5, 0.6) is 5.75 Å². The third-order valence-electron chi connectivity index (χ3n) is 4.52. The Bertz CT molecular complexity index is 986. The minimum Gasteiger partial charge on any atom is -0.486 e. The summed E-state index contributed by atoms with van der Waals surface area (Å²) in [6, 6.07) is 7.35. The molecule has 29 heavy (non-hydrogen) atoms. The molecule has 0 bridgehead atoms. The molecule has 0 fully saturated rings. The molecule has 0 atom stereocenters. The standard InChI is InChI=1S/C21H25ClN4O3/c1-13-8-17(9-14(2)20(13)22)28-12-18-11-19(25-29-18)21(27)23-6-5-7-26-16(4)10-15(3)24-26/h8-11H,5-7,12H2,1-4H3,(H,23,27). The number of aromatic nitrogens is 3. The van der Waals surface area contributed by atoms with E-state index in [2.05, 4.69) is 15.6 Å². The second-order valence-corrected chi connectivity index (χ2v) is 7.48. The summed E-state index contributed by atoms with van der Waals surface area (Å²) >= 11 is 6.17. The van der Waals surface area contributed by atoms with Gasteiger partial charge in [-0.1, -0.05) is 16.8 Å². The Labute approximate surface area is 175 Å². The second kappa shape index (κ2) is 9.13. The number of carbonyl (C=O) groups is 1. The van der Waals surface area contributed by atoms with Crippen LogP contribution in [-0.2, 0) is 13.2 Å². The average molecular weight is 417 g/mol. The molecular formula is C21H25ClN4O3. The molecule has 0 saturated carbocycles. The SMILES string of the molecule is Cc1cc(C)n(CCCNC(=O)c2cc(COc3cc(C)c(Cl)c(C)c3)on2)n1. The lowest BCUT2D eigenvalue weighted by Crippen LogP contribution is -2.25. The number of nitrogens with zero attached hydrogens (tertiary/aromatic N) is 3. The summed E-state index contributed by atoms with van der Waals surface area (Å²) in [4.78, 5) is 12.2. The van der Waals surface area contributed by atoms with E-state index in [4.69, 9.17) is 20.9 Å². The van der Waals surface area contributed by atoms with Crippen molar-refractivity contribution in [3.05, 3.63) is 63.3 Å². The molecule has 1 amide bonds. The Kier molecular flexibility index (Phi) is 6.59. The molecule has 0 radical (unpaired) electrons. The van der Waals surface area contributed by atoms with Gasteiger partial charge >= 0.3 is 0 Å². The van der Waals surface area contributed by atoms with Crippen molar-refractivity contribution in [1.29, 1.82) is 0 Å². The van der Waals surface area contributed by atoms with Crippen molar-refractivity contribution < 1.29 is 14.1 Å². The van der Waals surface area contributed by atoms with Gasteiger partial charge in [-0.25, -0.2) is 0 Å². The molecule has 0 saturated heterocycles. The van der Waals surface area contributed by atoms with Crippen molar-refractivity contribution in [3.63, 3.8) is 0 Å². The summed E-state index contributed by atoms with van der Waals surface area (Å²) in [5.41, 5.74) is 4.23. The van der Waals surface area contributed by atoms with E-state index >= 15 is 0 Å². The molecule has 154 valence electrons. The largest absolute Gasteiger partial charge is 0.486 e. The van der Waals surface area contributed by atoms with Crippen LogP contribution in [0.4, 0.5) is 0 Å². The molecule has 2 heterocycles. The maximum absolute atomic E-state index is 12.2. The van der Waals surface area contributed by atoms with Gasteiger partial charge in [0.15, 0.2) is 11.5 Å². The Morgan fingerprint density at radius 1 is 1.17 bits per heavy atom. The number of hydrogen-bond donors (Lipinski definition) is 1. The van der Waals surface area contributed by atoms with Crippen molar-refractivity contribution in [1.82, 2.24) is 20.3 Å². The lowest BCUT2D eigenvalue weighted by molar-refractivity contribution is 0.0943. The minimum absolute atomic E-state index is 0.179. The van der Waals surface area contributed by atoms with Gasteiger partial charge in [-0.05, 0) is 63.4 Å². The van der Waals surface area contributed by atoms with Crippen LogP contribution in [0, 0.1) is 27.7 Å². The van der Waals surface area contributed by atoms with E-state index in [0.717, 1.165) is 40.5 Å². The van der Waals surface area contributed by atoms with E-state index in [9.17, 15) is 4.79 Å². The first-order valence-corrected chi connectivity index (χ1v) is 9.85. The van der Waals surface area contributed by atoms with Gasteiger partial charge in [-0.2, -0.15) is 5.10 Å². The zero-order valence-corrected chi connectivity index (χ0v) is 17.8. The fourth-order valence-electron chi connectivity index (χ4n) is 3.05. The van der Waals surface area contributed by atoms with Crippen LogP contribution in [0.3, 0.4) is 0 Å². The molecule has 8 heteroatoms. The number of nitrogens with one attached hydrogen (secondary N) is 1. The van der Waals surface area contributed by atoms with Crippen LogP contribution in [0.25, 0.3) is 0 Å². The number of ether oxygens (including phenoxy) is 1. The highest BCUT2D eigenvalue weighted by molar-refractivity contribution is 6.32. The van der Waals surface area contributed by atoms with Gasteiger partial charge in [0.1, 0.15) is 12.4 Å². The first kappa shape index (κ1) is 20.9. The average Bonchev–Trinajstić information content (AvgIpc) is 3.27. The molecule has 7 nitrogen and oxygen atoms in total. The fraction of sp³-hybridized carbons (Fsp3) is 0.381. The van der Waals surface area contributed by atoms with Crippen molar-refractivity contribution >= 4 is 17.5 Å². The molecule has 0 unspecified atom stereocenters. The molecular weight excluding hydrogens is 392 g/mol. The highest BCUT2D eigenvalue weighted by atomic mass is 35.5. The quantitative estimate of drug-likeness (QED) is 0.557. The van der Waals surface area contributed by atoms with E-state index in [0.29, 0.717) is 18.1 Å². The number of amides is 1. The third-order valence-corrected chi connectivity index (χ3v) is 5.11. The highest BCUT2D eigenvalue weighted by Gasteiger charge is 2.13. The van der Waals surface area contributed by atoms with Gasteiger partial charge in [-0.3, -0.25) is 9.48 Å². The van der Waals surface area contributed by atoms with Gasteiger partial charge in [0, 0.05) is 29.9 Å². The first-order valence-electron chi connectivity index (χ1n) is 9.48. The highest BCUT2D eigenvalue weighted by Crippen LogP contribution is 2.26. The van der Waals surface area contributed by atoms with Crippen molar-refractivity contribution in [2.45, 2.75) is 47.3 Å². The summed E-state index contributed by atoms with van der Waals surface area (Å²) in [5, 5.41) is 11.8. The monoisotopic (exact) mass is 416 g/mol. The molecule has 2 aromatic heterocycles. The number of carbonyl (C=O) groups excluding carboxylic acids is 1. The zero-order valence-electron chi connectivity index (χ0n) is 17.1. The predicted molar refractivity (Wildman–Crippen MR) is 110 cm³/mol. The van der Waals surface area contributed by atoms with E-state index < -0.39 is 0 Å². The van der Waals surface area contributed by atoms with Crippen LogP contribution >= 0.6 is 11.6 Å². The number of hydrogen-bond acceptors (Lipinski definition) is 5. The van der Waals surface area contributed by atoms with Crippen molar-refractivity contribution in [2.75, 3.05) is 6.54 Å². The Balaban J connectivity index is 1.46. The lowest BCUT2D eigenvalue weighted by atomic mass is 10.1. The smallest absolute Gasteiger partial charge is 0.273 e. The molecule has 3 aromatic rings. The van der Waals surface area contributed by atoms with E-state index in [1.165, 1.54) is 0 Å². The van der Waals surface area contributed by atoms with Crippen LogP contribution < -0.4 is 10.1 Å². The molecule has 0 aliphatic carbocycles. The van der Waals surface area contributed by atoms with Crippen LogP contribution in [0.1, 0.15) is 45.2 Å². The summed E-state index contributed by atoms with van der Waals surface area (Å²) in [6.07, 6.45) is 0.775. The summed E-state index contributed by atoms with van der Waals surface area (Å²) in [6.45, 7) is 9.29. The number of benzene rings is 1. The molecule has 1 N–H and O–H groups in total. The topological polar surface area (TPSA) is 82.2 Å². The van der Waals surface area contributed by atoms with Crippen LogP contribution in [0.15, 0.2) is 28.8 Å². The van der Waals surface area contributed by atoms with E-state index in [1.807, 2.05) is 50.6 Å². The molecule has 0 aliphatic rings.